The first-order chi connectivity index (χ1) is 13.3. The number of pyridine rings is 1. The first-order valence-electron chi connectivity index (χ1n) is 9.97. The highest BCUT2D eigenvalue weighted by Gasteiger charge is 2.18. The number of piperidine rings is 1. The Morgan fingerprint density at radius 2 is 2.14 bits per heavy atom. The molecule has 7 nitrogen and oxygen atoms in total. The van der Waals surface area contributed by atoms with Gasteiger partial charge in [-0.15, -0.1) is 40.8 Å². The van der Waals surface area contributed by atoms with Gasteiger partial charge in [0.2, 0.25) is 0 Å². The van der Waals surface area contributed by atoms with Crippen LogP contribution < -0.4 is 10.6 Å². The summed E-state index contributed by atoms with van der Waals surface area (Å²) in [5, 5.41) is 15.4. The van der Waals surface area contributed by atoms with E-state index in [0.29, 0.717) is 6.04 Å². The molecule has 1 saturated heterocycles. The summed E-state index contributed by atoms with van der Waals surface area (Å²) in [5.41, 5.74) is 0.897. The van der Waals surface area contributed by atoms with Gasteiger partial charge in [-0.3, -0.25) is 14.3 Å². The van der Waals surface area contributed by atoms with E-state index in [9.17, 15) is 0 Å². The van der Waals surface area contributed by atoms with Gasteiger partial charge < -0.3 is 10.6 Å². The number of fused-ring (bicyclic) bond motifs is 1. The lowest BCUT2D eigenvalue weighted by Crippen LogP contribution is -2.48. The summed E-state index contributed by atoms with van der Waals surface area (Å²) in [7, 11) is 0. The van der Waals surface area contributed by atoms with Crippen LogP contribution in [-0.4, -0.2) is 64.2 Å². The smallest absolute Gasteiger partial charge is 0.191 e. The topological polar surface area (TPSA) is 69.8 Å². The second-order valence-electron chi connectivity index (χ2n) is 6.92. The fraction of sp³-hybridized carbons (Fsp3) is 0.550. The van der Waals surface area contributed by atoms with Crippen LogP contribution in [0.1, 0.15) is 32.0 Å². The highest BCUT2D eigenvalue weighted by atomic mass is 127. The maximum atomic E-state index is 4.75. The van der Waals surface area contributed by atoms with Crippen LogP contribution in [0.5, 0.6) is 0 Å². The maximum Gasteiger partial charge on any atom is 0.191 e. The van der Waals surface area contributed by atoms with Crippen molar-refractivity contribution < 1.29 is 0 Å². The Morgan fingerprint density at radius 1 is 1.32 bits per heavy atom. The van der Waals surface area contributed by atoms with Crippen LogP contribution in [0.4, 0.5) is 0 Å². The Kier molecular flexibility index (Phi) is 9.69. The van der Waals surface area contributed by atoms with Gasteiger partial charge in [0, 0.05) is 51.4 Å². The second kappa shape index (κ2) is 12.0. The molecule has 2 aromatic heterocycles. The molecule has 2 aromatic rings. The van der Waals surface area contributed by atoms with Gasteiger partial charge in [-0.25, -0.2) is 0 Å². The molecule has 0 spiro atoms. The summed E-state index contributed by atoms with van der Waals surface area (Å²) in [6.45, 7) is 10.8. The predicted octanol–water partition coefficient (Wildman–Crippen LogP) is 2.49. The molecule has 8 heteroatoms. The predicted molar refractivity (Wildman–Crippen MR) is 125 cm³/mol. The summed E-state index contributed by atoms with van der Waals surface area (Å²) in [6.07, 6.45) is 8.10. The second-order valence-corrected chi connectivity index (χ2v) is 6.92. The summed E-state index contributed by atoms with van der Waals surface area (Å²) < 4.78 is 2.05. The number of rotatable bonds is 8. The third kappa shape index (κ3) is 6.44. The Hall–Kier alpha value is -1.68. The van der Waals surface area contributed by atoms with E-state index in [1.807, 2.05) is 34.9 Å². The van der Waals surface area contributed by atoms with E-state index in [2.05, 4.69) is 39.2 Å². The number of aromatic nitrogens is 3. The van der Waals surface area contributed by atoms with Gasteiger partial charge in [0.1, 0.15) is 5.82 Å². The number of nitrogens with one attached hydrogen (secondary N) is 2. The number of aryl methyl sites for hydroxylation is 1. The quantitative estimate of drug-likeness (QED) is 0.193. The van der Waals surface area contributed by atoms with Crippen molar-refractivity contribution in [2.45, 2.75) is 38.6 Å². The van der Waals surface area contributed by atoms with Gasteiger partial charge in [-0.2, -0.15) is 0 Å². The Labute approximate surface area is 184 Å². The molecule has 1 aliphatic rings. The van der Waals surface area contributed by atoms with Gasteiger partial charge in [0.15, 0.2) is 11.6 Å². The molecule has 1 fully saturated rings. The molecule has 0 unspecified atom stereocenters. The van der Waals surface area contributed by atoms with Gasteiger partial charge in [0.25, 0.3) is 0 Å². The van der Waals surface area contributed by atoms with Crippen LogP contribution >= 0.6 is 24.0 Å². The molecule has 0 bridgehead atoms. The van der Waals surface area contributed by atoms with E-state index in [1.165, 1.54) is 0 Å². The van der Waals surface area contributed by atoms with Crippen molar-refractivity contribution in [1.82, 2.24) is 30.1 Å². The molecule has 3 rings (SSSR count). The molecule has 154 valence electrons. The highest BCUT2D eigenvalue weighted by Crippen LogP contribution is 2.10. The van der Waals surface area contributed by atoms with Gasteiger partial charge in [0.05, 0.1) is 0 Å². The van der Waals surface area contributed by atoms with Crippen molar-refractivity contribution in [1.29, 1.82) is 0 Å². The molecule has 0 radical (unpaired) electrons. The molecule has 1 aliphatic heterocycles. The lowest BCUT2D eigenvalue weighted by atomic mass is 10.1. The number of nitrogens with zero attached hydrogens (tertiary/aromatic N) is 5. The number of aliphatic imine (C=N–C) groups is 1. The zero-order chi connectivity index (χ0) is 18.9. The summed E-state index contributed by atoms with van der Waals surface area (Å²) >= 11 is 0. The fourth-order valence-corrected chi connectivity index (χ4v) is 3.45. The molecule has 3 heterocycles. The Morgan fingerprint density at radius 3 is 2.89 bits per heavy atom. The van der Waals surface area contributed by atoms with E-state index in [0.717, 1.165) is 75.8 Å². The van der Waals surface area contributed by atoms with E-state index in [-0.39, 0.29) is 24.0 Å². The van der Waals surface area contributed by atoms with E-state index >= 15 is 0 Å². The van der Waals surface area contributed by atoms with Gasteiger partial charge >= 0.3 is 0 Å². The number of hydrogen-bond donors (Lipinski definition) is 2. The Balaban J connectivity index is 0.00000280. The van der Waals surface area contributed by atoms with Crippen molar-refractivity contribution >= 4 is 35.6 Å². The van der Waals surface area contributed by atoms with Gasteiger partial charge in [-0.1, -0.05) is 12.1 Å². The van der Waals surface area contributed by atoms with E-state index in [1.54, 1.807) is 0 Å². The fourth-order valence-electron chi connectivity index (χ4n) is 3.45. The minimum absolute atomic E-state index is 0. The molecule has 2 N–H and O–H groups in total. The highest BCUT2D eigenvalue weighted by molar-refractivity contribution is 14.0. The van der Waals surface area contributed by atoms with Crippen LogP contribution in [0.25, 0.3) is 5.65 Å². The van der Waals surface area contributed by atoms with Crippen molar-refractivity contribution in [2.24, 2.45) is 4.99 Å². The average Bonchev–Trinajstić information content (AvgIpc) is 3.10. The molecule has 0 aromatic carbocycles. The first kappa shape index (κ1) is 22.6. The summed E-state index contributed by atoms with van der Waals surface area (Å²) in [5.74, 6) is 1.92. The third-order valence-corrected chi connectivity index (χ3v) is 4.87. The zero-order valence-electron chi connectivity index (χ0n) is 16.7. The van der Waals surface area contributed by atoms with Crippen LogP contribution in [0.2, 0.25) is 0 Å². The summed E-state index contributed by atoms with van der Waals surface area (Å²) in [4.78, 5) is 7.19. The van der Waals surface area contributed by atoms with Crippen molar-refractivity contribution in [3.05, 3.63) is 42.9 Å². The zero-order valence-corrected chi connectivity index (χ0v) is 19.0. The minimum Gasteiger partial charge on any atom is -0.357 e. The maximum absolute atomic E-state index is 4.75. The number of likely N-dealkylation sites (tertiary alicyclic amines) is 1. The molecule has 0 aliphatic carbocycles. The molecule has 0 atom stereocenters. The largest absolute Gasteiger partial charge is 0.357 e. The number of halogens is 1. The monoisotopic (exact) mass is 497 g/mol. The van der Waals surface area contributed by atoms with Crippen molar-refractivity contribution in [3.63, 3.8) is 0 Å². The third-order valence-electron chi connectivity index (χ3n) is 4.87. The normalized spacial score (nSPS) is 16.0. The van der Waals surface area contributed by atoms with Crippen LogP contribution in [0.3, 0.4) is 0 Å². The molecule has 28 heavy (non-hydrogen) atoms. The summed E-state index contributed by atoms with van der Waals surface area (Å²) in [6, 6.07) is 6.45. The SMILES string of the molecule is C=CCN1CCC(NC(=NCCCc2nnc3ccccn23)NCC)CC1.I. The molecular formula is C20H32IN7. The minimum atomic E-state index is 0. The van der Waals surface area contributed by atoms with Crippen LogP contribution in [-0.2, 0) is 6.42 Å². The molecule has 0 amide bonds. The number of guanidine groups is 1. The number of hydrogen-bond acceptors (Lipinski definition) is 4. The van der Waals surface area contributed by atoms with Crippen LogP contribution in [0, 0.1) is 0 Å². The molecular weight excluding hydrogens is 465 g/mol. The van der Waals surface area contributed by atoms with Crippen LogP contribution in [0.15, 0.2) is 42.0 Å². The van der Waals surface area contributed by atoms with E-state index in [4.69, 9.17) is 4.99 Å². The standard InChI is InChI=1S/C20H31N7.HI/c1-3-13-26-15-10-17(11-16-26)23-20(21-4-2)22-12-7-9-19-25-24-18-8-5-6-14-27(18)19;/h3,5-6,8,14,17H,1,4,7,9-13,15-16H2,2H3,(H2,21,22,23);1H. The average molecular weight is 497 g/mol. The lowest BCUT2D eigenvalue weighted by Gasteiger charge is -2.32. The van der Waals surface area contributed by atoms with Crippen molar-refractivity contribution in [2.75, 3.05) is 32.7 Å². The Bertz CT molecular complexity index is 750. The van der Waals surface area contributed by atoms with E-state index < -0.39 is 0 Å². The van der Waals surface area contributed by atoms with Gasteiger partial charge in [-0.05, 0) is 38.3 Å². The van der Waals surface area contributed by atoms with Crippen molar-refractivity contribution in [3.8, 4) is 0 Å². The molecule has 0 saturated carbocycles. The first-order valence-corrected chi connectivity index (χ1v) is 9.97. The lowest BCUT2D eigenvalue weighted by molar-refractivity contribution is 0.225.